The third kappa shape index (κ3) is 2.45. The summed E-state index contributed by atoms with van der Waals surface area (Å²) < 4.78 is 17.9. The Morgan fingerprint density at radius 2 is 2.29 bits per heavy atom. The van der Waals surface area contributed by atoms with E-state index in [0.29, 0.717) is 6.61 Å². The van der Waals surface area contributed by atoms with E-state index in [1.165, 1.54) is 12.1 Å². The van der Waals surface area contributed by atoms with E-state index in [4.69, 9.17) is 9.84 Å². The number of halogens is 1. The van der Waals surface area contributed by atoms with Crippen LogP contribution in [0.1, 0.15) is 23.7 Å². The van der Waals surface area contributed by atoms with Crippen LogP contribution in [-0.4, -0.2) is 17.7 Å². The minimum atomic E-state index is -1.18. The van der Waals surface area contributed by atoms with Crippen molar-refractivity contribution in [3.8, 4) is 5.75 Å². The third-order valence-corrected chi connectivity index (χ3v) is 1.63. The number of hydrogen-bond donors (Lipinski definition) is 1. The Morgan fingerprint density at radius 3 is 2.86 bits per heavy atom. The van der Waals surface area contributed by atoms with Gasteiger partial charge in [-0.15, -0.1) is 0 Å². The number of carboxylic acids is 1. The molecule has 0 spiro atoms. The van der Waals surface area contributed by atoms with Crippen molar-refractivity contribution in [2.45, 2.75) is 13.3 Å². The highest BCUT2D eigenvalue weighted by Gasteiger charge is 2.11. The van der Waals surface area contributed by atoms with Crippen molar-refractivity contribution in [1.82, 2.24) is 0 Å². The largest absolute Gasteiger partial charge is 0.493 e. The summed E-state index contributed by atoms with van der Waals surface area (Å²) in [6, 6.07) is 3.46. The SMILES string of the molecule is CCCOc1ccc(F)cc1C(=O)O. The first-order chi connectivity index (χ1) is 6.65. The summed E-state index contributed by atoms with van der Waals surface area (Å²) in [4.78, 5) is 10.7. The smallest absolute Gasteiger partial charge is 0.339 e. The van der Waals surface area contributed by atoms with Gasteiger partial charge in [-0.1, -0.05) is 6.92 Å². The zero-order valence-electron chi connectivity index (χ0n) is 7.79. The van der Waals surface area contributed by atoms with Gasteiger partial charge in [0.05, 0.1) is 6.61 Å². The van der Waals surface area contributed by atoms with Crippen LogP contribution in [0.2, 0.25) is 0 Å². The van der Waals surface area contributed by atoms with Crippen molar-refractivity contribution in [2.75, 3.05) is 6.61 Å². The van der Waals surface area contributed by atoms with E-state index in [2.05, 4.69) is 0 Å². The fourth-order valence-electron chi connectivity index (χ4n) is 1.01. The van der Waals surface area contributed by atoms with Crippen LogP contribution in [0.4, 0.5) is 4.39 Å². The predicted molar refractivity (Wildman–Crippen MR) is 49.1 cm³/mol. The van der Waals surface area contributed by atoms with E-state index in [0.717, 1.165) is 12.5 Å². The second-order valence-corrected chi connectivity index (χ2v) is 2.79. The quantitative estimate of drug-likeness (QED) is 0.807. The van der Waals surface area contributed by atoms with Crippen molar-refractivity contribution in [2.24, 2.45) is 0 Å². The Bertz CT molecular complexity index is 336. The fourth-order valence-corrected chi connectivity index (χ4v) is 1.01. The Morgan fingerprint density at radius 1 is 1.57 bits per heavy atom. The van der Waals surface area contributed by atoms with Crippen LogP contribution in [0.3, 0.4) is 0 Å². The molecule has 0 fully saturated rings. The van der Waals surface area contributed by atoms with E-state index >= 15 is 0 Å². The predicted octanol–water partition coefficient (Wildman–Crippen LogP) is 2.31. The third-order valence-electron chi connectivity index (χ3n) is 1.63. The van der Waals surface area contributed by atoms with Crippen molar-refractivity contribution < 1.29 is 19.0 Å². The van der Waals surface area contributed by atoms with Crippen molar-refractivity contribution in [3.05, 3.63) is 29.6 Å². The summed E-state index contributed by atoms with van der Waals surface area (Å²) >= 11 is 0. The first kappa shape index (κ1) is 10.5. The molecule has 76 valence electrons. The van der Waals surface area contributed by atoms with Crippen molar-refractivity contribution in [3.63, 3.8) is 0 Å². The van der Waals surface area contributed by atoms with Gasteiger partial charge in [-0.3, -0.25) is 0 Å². The molecule has 0 aromatic heterocycles. The number of carbonyl (C=O) groups is 1. The molecule has 0 heterocycles. The van der Waals surface area contributed by atoms with Crippen LogP contribution in [-0.2, 0) is 0 Å². The summed E-state index contributed by atoms with van der Waals surface area (Å²) in [5.74, 6) is -1.55. The van der Waals surface area contributed by atoms with Crippen LogP contribution in [0, 0.1) is 5.82 Å². The molecule has 3 nitrogen and oxygen atoms in total. The molecule has 4 heteroatoms. The Hall–Kier alpha value is -1.58. The lowest BCUT2D eigenvalue weighted by Crippen LogP contribution is -2.04. The standard InChI is InChI=1S/C10H11FO3/c1-2-5-14-9-4-3-7(11)6-8(9)10(12)13/h3-4,6H,2,5H2,1H3,(H,12,13). The topological polar surface area (TPSA) is 46.5 Å². The van der Waals surface area contributed by atoms with E-state index in [-0.39, 0.29) is 11.3 Å². The molecule has 1 rings (SSSR count). The van der Waals surface area contributed by atoms with Crippen molar-refractivity contribution in [1.29, 1.82) is 0 Å². The summed E-state index contributed by atoms with van der Waals surface area (Å²) in [6.07, 6.45) is 0.774. The summed E-state index contributed by atoms with van der Waals surface area (Å²) in [6.45, 7) is 2.33. The lowest BCUT2D eigenvalue weighted by Gasteiger charge is -2.07. The van der Waals surface area contributed by atoms with Crippen LogP contribution in [0.25, 0.3) is 0 Å². The highest BCUT2D eigenvalue weighted by Crippen LogP contribution is 2.19. The average Bonchev–Trinajstić information content (AvgIpc) is 2.15. The van der Waals surface area contributed by atoms with Gasteiger partial charge in [-0.2, -0.15) is 0 Å². The molecule has 1 aromatic carbocycles. The molecule has 0 aliphatic rings. The zero-order valence-corrected chi connectivity index (χ0v) is 7.79. The maximum atomic E-state index is 12.7. The number of aromatic carboxylic acids is 1. The van der Waals surface area contributed by atoms with E-state index in [9.17, 15) is 9.18 Å². The summed E-state index contributed by atoms with van der Waals surface area (Å²) in [7, 11) is 0. The Balaban J connectivity index is 2.96. The van der Waals surface area contributed by atoms with Crippen LogP contribution < -0.4 is 4.74 Å². The average molecular weight is 198 g/mol. The number of rotatable bonds is 4. The maximum absolute atomic E-state index is 12.7. The number of hydrogen-bond acceptors (Lipinski definition) is 2. The van der Waals surface area contributed by atoms with Gasteiger partial charge in [-0.25, -0.2) is 9.18 Å². The van der Waals surface area contributed by atoms with Gasteiger partial charge in [0, 0.05) is 0 Å². The molecular weight excluding hydrogens is 187 g/mol. The molecule has 14 heavy (non-hydrogen) atoms. The van der Waals surface area contributed by atoms with Gasteiger partial charge in [-0.05, 0) is 24.6 Å². The van der Waals surface area contributed by atoms with Crippen LogP contribution in [0.15, 0.2) is 18.2 Å². The van der Waals surface area contributed by atoms with Gasteiger partial charge < -0.3 is 9.84 Å². The van der Waals surface area contributed by atoms with Gasteiger partial charge in [0.2, 0.25) is 0 Å². The molecule has 0 atom stereocenters. The molecule has 0 radical (unpaired) electrons. The van der Waals surface area contributed by atoms with E-state index in [1.54, 1.807) is 0 Å². The van der Waals surface area contributed by atoms with Gasteiger partial charge in [0.25, 0.3) is 0 Å². The molecule has 1 aromatic rings. The van der Waals surface area contributed by atoms with Crippen molar-refractivity contribution >= 4 is 5.97 Å². The Labute approximate surface area is 81.1 Å². The van der Waals surface area contributed by atoms with Crippen LogP contribution >= 0.6 is 0 Å². The molecule has 0 saturated heterocycles. The van der Waals surface area contributed by atoms with Gasteiger partial charge in [0.15, 0.2) is 0 Å². The molecule has 0 unspecified atom stereocenters. The van der Waals surface area contributed by atoms with Gasteiger partial charge >= 0.3 is 5.97 Å². The monoisotopic (exact) mass is 198 g/mol. The summed E-state index contributed by atoms with van der Waals surface area (Å²) in [5.41, 5.74) is -0.140. The molecule has 1 N–H and O–H groups in total. The molecule has 0 aliphatic heterocycles. The van der Waals surface area contributed by atoms with Gasteiger partial charge in [0.1, 0.15) is 17.1 Å². The number of ether oxygens (including phenoxy) is 1. The lowest BCUT2D eigenvalue weighted by molar-refractivity contribution is 0.0691. The highest BCUT2D eigenvalue weighted by molar-refractivity contribution is 5.90. The van der Waals surface area contributed by atoms with E-state index < -0.39 is 11.8 Å². The fraction of sp³-hybridized carbons (Fsp3) is 0.300. The minimum absolute atomic E-state index is 0.140. The highest BCUT2D eigenvalue weighted by atomic mass is 19.1. The molecule has 0 bridgehead atoms. The molecule has 0 saturated carbocycles. The van der Waals surface area contributed by atoms with E-state index in [1.807, 2.05) is 6.92 Å². The number of benzene rings is 1. The maximum Gasteiger partial charge on any atom is 0.339 e. The number of carboxylic acid groups (broad SMARTS) is 1. The normalized spacial score (nSPS) is 9.86. The Kier molecular flexibility index (Phi) is 3.45. The first-order valence-electron chi connectivity index (χ1n) is 4.30. The lowest BCUT2D eigenvalue weighted by atomic mass is 10.2. The van der Waals surface area contributed by atoms with Crippen LogP contribution in [0.5, 0.6) is 5.75 Å². The molecular formula is C10H11FO3. The molecule has 0 aliphatic carbocycles. The molecule has 0 amide bonds. The first-order valence-corrected chi connectivity index (χ1v) is 4.30. The second-order valence-electron chi connectivity index (χ2n) is 2.79. The minimum Gasteiger partial charge on any atom is -0.493 e. The summed E-state index contributed by atoms with van der Waals surface area (Å²) in [5, 5.41) is 8.74. The zero-order chi connectivity index (χ0) is 10.6. The second kappa shape index (κ2) is 4.60.